The highest BCUT2D eigenvalue weighted by atomic mass is 16.1. The molecule has 0 fully saturated rings. The Morgan fingerprint density at radius 1 is 1.00 bits per heavy atom. The van der Waals surface area contributed by atoms with E-state index < -0.39 is 0 Å². The lowest BCUT2D eigenvalue weighted by atomic mass is 10.1. The van der Waals surface area contributed by atoms with Gasteiger partial charge in [0.1, 0.15) is 5.69 Å². The van der Waals surface area contributed by atoms with Gasteiger partial charge in [-0.3, -0.25) is 9.78 Å². The molecule has 1 amide bonds. The molecule has 3 rings (SSSR count). The smallest absolute Gasteiger partial charge is 0.274 e. The summed E-state index contributed by atoms with van der Waals surface area (Å²) in [5.41, 5.74) is 5.47. The number of hydrogen-bond acceptors (Lipinski definition) is 3. The summed E-state index contributed by atoms with van der Waals surface area (Å²) in [6.07, 6.45) is 1.68. The van der Waals surface area contributed by atoms with Crippen LogP contribution in [0.4, 0.5) is 17.1 Å². The van der Waals surface area contributed by atoms with E-state index in [9.17, 15) is 4.79 Å². The van der Waals surface area contributed by atoms with Crippen molar-refractivity contribution in [2.24, 2.45) is 0 Å². The fourth-order valence-electron chi connectivity index (χ4n) is 2.92. The molecular weight excluding hydrogens is 322 g/mol. The maximum atomic E-state index is 12.6. The van der Waals surface area contributed by atoms with E-state index in [1.54, 1.807) is 6.20 Å². The van der Waals surface area contributed by atoms with Crippen LogP contribution in [-0.4, -0.2) is 17.4 Å². The quantitative estimate of drug-likeness (QED) is 0.699. The molecule has 0 aliphatic carbocycles. The van der Waals surface area contributed by atoms with E-state index in [2.05, 4.69) is 47.2 Å². The number of carbonyl (C=O) groups excluding carboxylic acids is 1. The molecule has 0 radical (unpaired) electrons. The van der Waals surface area contributed by atoms with Crippen molar-refractivity contribution in [2.45, 2.75) is 20.8 Å². The largest absolute Gasteiger partial charge is 0.342 e. The van der Waals surface area contributed by atoms with Crippen molar-refractivity contribution in [1.82, 2.24) is 4.98 Å². The van der Waals surface area contributed by atoms with Gasteiger partial charge < -0.3 is 10.2 Å². The standard InChI is InChI=1S/C22H23N3O/c1-4-25(18-10-7-8-16(2)14-18)19-12-13-23-21(15-19)22(26)24-20-11-6-5-9-17(20)3/h5-15H,4H2,1-3H3,(H,24,26). The number of para-hydroxylation sites is 1. The summed E-state index contributed by atoms with van der Waals surface area (Å²) in [7, 11) is 0. The van der Waals surface area contributed by atoms with Crippen LogP contribution in [0.1, 0.15) is 28.5 Å². The second-order valence-corrected chi connectivity index (χ2v) is 6.25. The molecule has 1 N–H and O–H groups in total. The predicted octanol–water partition coefficient (Wildman–Crippen LogP) is 5.11. The van der Waals surface area contributed by atoms with Gasteiger partial charge in [0, 0.05) is 29.8 Å². The van der Waals surface area contributed by atoms with Crippen LogP contribution in [-0.2, 0) is 0 Å². The molecule has 1 heterocycles. The van der Waals surface area contributed by atoms with Crippen molar-refractivity contribution in [3.8, 4) is 0 Å². The van der Waals surface area contributed by atoms with Crippen LogP contribution in [0.5, 0.6) is 0 Å². The first-order valence-electron chi connectivity index (χ1n) is 8.75. The fraction of sp³-hybridized carbons (Fsp3) is 0.182. The van der Waals surface area contributed by atoms with Gasteiger partial charge in [0.2, 0.25) is 0 Å². The van der Waals surface area contributed by atoms with E-state index in [0.717, 1.165) is 29.2 Å². The normalized spacial score (nSPS) is 10.4. The summed E-state index contributed by atoms with van der Waals surface area (Å²) >= 11 is 0. The summed E-state index contributed by atoms with van der Waals surface area (Å²) < 4.78 is 0. The van der Waals surface area contributed by atoms with Gasteiger partial charge in [-0.1, -0.05) is 30.3 Å². The number of pyridine rings is 1. The Hall–Kier alpha value is -3.14. The Kier molecular flexibility index (Phi) is 5.32. The van der Waals surface area contributed by atoms with Crippen LogP contribution in [0.15, 0.2) is 66.9 Å². The molecule has 4 nitrogen and oxygen atoms in total. The zero-order valence-electron chi connectivity index (χ0n) is 15.4. The second kappa shape index (κ2) is 7.83. The molecule has 0 bridgehead atoms. The van der Waals surface area contributed by atoms with E-state index in [4.69, 9.17) is 0 Å². The molecule has 0 aliphatic rings. The van der Waals surface area contributed by atoms with Crippen LogP contribution in [0.25, 0.3) is 0 Å². The number of nitrogens with one attached hydrogen (secondary N) is 1. The van der Waals surface area contributed by atoms with Crippen LogP contribution < -0.4 is 10.2 Å². The fourth-order valence-corrected chi connectivity index (χ4v) is 2.92. The third kappa shape index (κ3) is 3.91. The Bertz CT molecular complexity index is 921. The van der Waals surface area contributed by atoms with E-state index in [0.29, 0.717) is 5.69 Å². The van der Waals surface area contributed by atoms with Crippen molar-refractivity contribution in [1.29, 1.82) is 0 Å². The Morgan fingerprint density at radius 2 is 1.77 bits per heavy atom. The number of benzene rings is 2. The highest BCUT2D eigenvalue weighted by Gasteiger charge is 2.13. The van der Waals surface area contributed by atoms with Crippen molar-refractivity contribution < 1.29 is 4.79 Å². The highest BCUT2D eigenvalue weighted by molar-refractivity contribution is 6.03. The maximum Gasteiger partial charge on any atom is 0.274 e. The molecule has 2 aromatic carbocycles. The molecule has 4 heteroatoms. The number of anilines is 3. The topological polar surface area (TPSA) is 45.2 Å². The van der Waals surface area contributed by atoms with Gasteiger partial charge >= 0.3 is 0 Å². The lowest BCUT2D eigenvalue weighted by Crippen LogP contribution is -2.19. The predicted molar refractivity (Wildman–Crippen MR) is 107 cm³/mol. The van der Waals surface area contributed by atoms with Crippen molar-refractivity contribution in [2.75, 3.05) is 16.8 Å². The minimum atomic E-state index is -0.207. The van der Waals surface area contributed by atoms with Crippen LogP contribution in [0, 0.1) is 13.8 Å². The lowest BCUT2D eigenvalue weighted by molar-refractivity contribution is 0.102. The number of nitrogens with zero attached hydrogens (tertiary/aromatic N) is 2. The molecule has 0 unspecified atom stereocenters. The minimum Gasteiger partial charge on any atom is -0.342 e. The van der Waals surface area contributed by atoms with Crippen molar-refractivity contribution >= 4 is 23.0 Å². The summed E-state index contributed by atoms with van der Waals surface area (Å²) in [6.45, 7) is 6.93. The van der Waals surface area contributed by atoms with Gasteiger partial charge in [-0.05, 0) is 62.2 Å². The van der Waals surface area contributed by atoms with Crippen LogP contribution >= 0.6 is 0 Å². The zero-order chi connectivity index (χ0) is 18.5. The van der Waals surface area contributed by atoms with E-state index in [1.165, 1.54) is 5.56 Å². The first kappa shape index (κ1) is 17.7. The number of rotatable bonds is 5. The lowest BCUT2D eigenvalue weighted by Gasteiger charge is -2.24. The third-order valence-corrected chi connectivity index (χ3v) is 4.31. The molecule has 132 valence electrons. The van der Waals surface area contributed by atoms with E-state index >= 15 is 0 Å². The van der Waals surface area contributed by atoms with Crippen molar-refractivity contribution in [3.05, 3.63) is 83.7 Å². The molecule has 0 saturated heterocycles. The van der Waals surface area contributed by atoms with Gasteiger partial charge in [0.15, 0.2) is 0 Å². The first-order valence-corrected chi connectivity index (χ1v) is 8.75. The van der Waals surface area contributed by atoms with Gasteiger partial charge in [0.25, 0.3) is 5.91 Å². The Balaban J connectivity index is 1.87. The van der Waals surface area contributed by atoms with Crippen LogP contribution in [0.3, 0.4) is 0 Å². The molecule has 0 aliphatic heterocycles. The molecule has 0 atom stereocenters. The number of amides is 1. The van der Waals surface area contributed by atoms with Crippen molar-refractivity contribution in [3.63, 3.8) is 0 Å². The molecule has 1 aromatic heterocycles. The van der Waals surface area contributed by atoms with E-state index in [1.807, 2.05) is 49.4 Å². The number of aryl methyl sites for hydroxylation is 2. The maximum absolute atomic E-state index is 12.6. The highest BCUT2D eigenvalue weighted by Crippen LogP contribution is 2.26. The minimum absolute atomic E-state index is 0.207. The third-order valence-electron chi connectivity index (χ3n) is 4.31. The number of hydrogen-bond donors (Lipinski definition) is 1. The number of aromatic nitrogens is 1. The van der Waals surface area contributed by atoms with Gasteiger partial charge in [-0.2, -0.15) is 0 Å². The molecule has 0 saturated carbocycles. The summed E-state index contributed by atoms with van der Waals surface area (Å²) in [5.74, 6) is -0.207. The summed E-state index contributed by atoms with van der Waals surface area (Å²) in [6, 6.07) is 19.8. The molecular formula is C22H23N3O. The molecule has 0 spiro atoms. The Morgan fingerprint density at radius 3 is 2.50 bits per heavy atom. The molecule has 26 heavy (non-hydrogen) atoms. The SMILES string of the molecule is CCN(c1cccc(C)c1)c1ccnc(C(=O)Nc2ccccc2C)c1. The second-order valence-electron chi connectivity index (χ2n) is 6.25. The summed E-state index contributed by atoms with van der Waals surface area (Å²) in [5, 5.41) is 2.94. The van der Waals surface area contributed by atoms with Gasteiger partial charge in [-0.25, -0.2) is 0 Å². The monoisotopic (exact) mass is 345 g/mol. The average Bonchev–Trinajstić information content (AvgIpc) is 2.64. The Labute approximate surface area is 154 Å². The molecule has 3 aromatic rings. The van der Waals surface area contributed by atoms with Crippen LogP contribution in [0.2, 0.25) is 0 Å². The van der Waals surface area contributed by atoms with Gasteiger partial charge in [-0.15, -0.1) is 0 Å². The van der Waals surface area contributed by atoms with Gasteiger partial charge in [0.05, 0.1) is 0 Å². The average molecular weight is 345 g/mol. The first-order chi connectivity index (χ1) is 12.6. The zero-order valence-corrected chi connectivity index (χ0v) is 15.4. The van der Waals surface area contributed by atoms with E-state index in [-0.39, 0.29) is 5.91 Å². The summed E-state index contributed by atoms with van der Waals surface area (Å²) in [4.78, 5) is 19.0. The number of carbonyl (C=O) groups is 1.